The Kier molecular flexibility index (Phi) is 5.59. The second-order valence-electron chi connectivity index (χ2n) is 6.11. The van der Waals surface area contributed by atoms with Gasteiger partial charge in [0.15, 0.2) is 0 Å². The first-order chi connectivity index (χ1) is 11.5. The lowest BCUT2D eigenvalue weighted by molar-refractivity contribution is -0.134. The van der Waals surface area contributed by atoms with Crippen LogP contribution in [0, 0.1) is 0 Å². The van der Waals surface area contributed by atoms with E-state index in [0.717, 1.165) is 17.7 Å². The number of hydrogen-bond acceptors (Lipinski definition) is 3. The van der Waals surface area contributed by atoms with Gasteiger partial charge in [0.1, 0.15) is 12.1 Å². The van der Waals surface area contributed by atoms with Gasteiger partial charge in [0.05, 0.1) is 0 Å². The number of carbonyl (C=O) groups is 3. The summed E-state index contributed by atoms with van der Waals surface area (Å²) in [5.41, 5.74) is 0.989. The third-order valence-electron chi connectivity index (χ3n) is 4.53. The summed E-state index contributed by atoms with van der Waals surface area (Å²) in [4.78, 5) is 37.7. The highest BCUT2D eigenvalue weighted by molar-refractivity contribution is 6.10. The van der Waals surface area contributed by atoms with Crippen molar-refractivity contribution in [1.29, 1.82) is 0 Å². The molecule has 6 nitrogen and oxygen atoms in total. The average Bonchev–Trinajstić information content (AvgIpc) is 2.81. The number of hydrogen-bond donors (Lipinski definition) is 2. The quantitative estimate of drug-likeness (QED) is 0.754. The molecule has 1 heterocycles. The Hall–Kier alpha value is -2.37. The molecule has 0 spiro atoms. The Balaban J connectivity index is 1.99. The van der Waals surface area contributed by atoms with E-state index >= 15 is 0 Å². The van der Waals surface area contributed by atoms with Gasteiger partial charge < -0.3 is 10.6 Å². The maximum atomic E-state index is 12.5. The molecule has 0 radical (unpaired) electrons. The second kappa shape index (κ2) is 7.47. The Morgan fingerprint density at radius 3 is 2.25 bits per heavy atom. The topological polar surface area (TPSA) is 78.5 Å². The Morgan fingerprint density at radius 2 is 1.75 bits per heavy atom. The van der Waals surface area contributed by atoms with Crippen LogP contribution >= 0.6 is 0 Å². The molecule has 1 aromatic carbocycles. The molecule has 4 amide bonds. The van der Waals surface area contributed by atoms with Crippen LogP contribution < -0.4 is 10.6 Å². The minimum atomic E-state index is -0.876. The smallest absolute Gasteiger partial charge is 0.325 e. The normalized spacial score (nSPS) is 16.2. The van der Waals surface area contributed by atoms with Crippen molar-refractivity contribution in [3.05, 3.63) is 29.8 Å². The number of urea groups is 1. The van der Waals surface area contributed by atoms with Gasteiger partial charge in [0.2, 0.25) is 5.91 Å². The van der Waals surface area contributed by atoms with Crippen molar-refractivity contribution in [2.75, 3.05) is 11.9 Å². The van der Waals surface area contributed by atoms with Gasteiger partial charge in [0, 0.05) is 5.69 Å². The summed E-state index contributed by atoms with van der Waals surface area (Å²) in [6.07, 6.45) is 3.07. The van der Waals surface area contributed by atoms with Crippen molar-refractivity contribution >= 4 is 23.5 Å². The van der Waals surface area contributed by atoms with Gasteiger partial charge in [-0.25, -0.2) is 4.79 Å². The SMILES string of the molecule is CCCc1ccc(NC(=O)CN2C(=O)NC(CC)(CC)C2=O)cc1. The summed E-state index contributed by atoms with van der Waals surface area (Å²) in [7, 11) is 0. The Bertz CT molecular complexity index is 621. The van der Waals surface area contributed by atoms with Crippen LogP contribution in [0.15, 0.2) is 24.3 Å². The maximum Gasteiger partial charge on any atom is 0.325 e. The largest absolute Gasteiger partial charge is 0.325 e. The van der Waals surface area contributed by atoms with Crippen molar-refractivity contribution in [2.24, 2.45) is 0 Å². The number of carbonyl (C=O) groups excluding carboxylic acids is 3. The first kappa shape index (κ1) is 18.0. The summed E-state index contributed by atoms with van der Waals surface area (Å²) in [6, 6.07) is 7.09. The van der Waals surface area contributed by atoms with E-state index in [9.17, 15) is 14.4 Å². The lowest BCUT2D eigenvalue weighted by Gasteiger charge is -2.23. The van der Waals surface area contributed by atoms with Crippen molar-refractivity contribution in [3.8, 4) is 0 Å². The van der Waals surface area contributed by atoms with E-state index in [-0.39, 0.29) is 18.4 Å². The van der Waals surface area contributed by atoms with Gasteiger partial charge in [-0.05, 0) is 37.0 Å². The molecule has 1 fully saturated rings. The summed E-state index contributed by atoms with van der Waals surface area (Å²) in [5, 5.41) is 5.44. The third kappa shape index (κ3) is 3.58. The molecule has 2 rings (SSSR count). The fourth-order valence-electron chi connectivity index (χ4n) is 2.94. The third-order valence-corrected chi connectivity index (χ3v) is 4.53. The summed E-state index contributed by atoms with van der Waals surface area (Å²) < 4.78 is 0. The summed E-state index contributed by atoms with van der Waals surface area (Å²) in [6.45, 7) is 5.54. The van der Waals surface area contributed by atoms with Crippen LogP contribution in [0.2, 0.25) is 0 Å². The zero-order valence-corrected chi connectivity index (χ0v) is 14.5. The Labute approximate surface area is 142 Å². The highest BCUT2D eigenvalue weighted by Crippen LogP contribution is 2.24. The first-order valence-electron chi connectivity index (χ1n) is 8.48. The zero-order chi connectivity index (χ0) is 17.7. The van der Waals surface area contributed by atoms with Crippen LogP contribution in [0.25, 0.3) is 0 Å². The van der Waals surface area contributed by atoms with Crippen molar-refractivity contribution in [2.45, 2.75) is 52.0 Å². The van der Waals surface area contributed by atoms with Gasteiger partial charge >= 0.3 is 6.03 Å². The first-order valence-corrected chi connectivity index (χ1v) is 8.48. The molecule has 0 saturated carbocycles. The summed E-state index contributed by atoms with van der Waals surface area (Å²) in [5.74, 6) is -0.712. The number of amides is 4. The molecular weight excluding hydrogens is 306 g/mol. The number of anilines is 1. The number of nitrogens with one attached hydrogen (secondary N) is 2. The number of imide groups is 1. The highest BCUT2D eigenvalue weighted by atomic mass is 16.2. The molecule has 24 heavy (non-hydrogen) atoms. The molecule has 0 aliphatic carbocycles. The molecular formula is C18H25N3O3. The Morgan fingerprint density at radius 1 is 1.12 bits per heavy atom. The molecule has 1 saturated heterocycles. The van der Waals surface area contributed by atoms with E-state index in [1.165, 1.54) is 5.56 Å². The minimum absolute atomic E-state index is 0.275. The van der Waals surface area contributed by atoms with Crippen molar-refractivity contribution < 1.29 is 14.4 Å². The van der Waals surface area contributed by atoms with Gasteiger partial charge in [0.25, 0.3) is 5.91 Å². The monoisotopic (exact) mass is 331 g/mol. The number of benzene rings is 1. The van der Waals surface area contributed by atoms with Crippen LogP contribution in [0.4, 0.5) is 10.5 Å². The summed E-state index contributed by atoms with van der Waals surface area (Å²) >= 11 is 0. The van der Waals surface area contributed by atoms with Crippen molar-refractivity contribution in [1.82, 2.24) is 10.2 Å². The fraction of sp³-hybridized carbons (Fsp3) is 0.500. The van der Waals surface area contributed by atoms with Gasteiger partial charge in [-0.15, -0.1) is 0 Å². The van der Waals surface area contributed by atoms with E-state index in [0.29, 0.717) is 18.5 Å². The fourth-order valence-corrected chi connectivity index (χ4v) is 2.94. The van der Waals surface area contributed by atoms with Crippen LogP contribution in [-0.4, -0.2) is 34.8 Å². The number of rotatable bonds is 7. The van der Waals surface area contributed by atoms with Crippen LogP contribution in [0.1, 0.15) is 45.6 Å². The predicted octanol–water partition coefficient (Wildman–Crippen LogP) is 2.69. The molecule has 1 aliphatic rings. The molecule has 1 aliphatic heterocycles. The molecule has 0 bridgehead atoms. The average molecular weight is 331 g/mol. The molecule has 2 N–H and O–H groups in total. The maximum absolute atomic E-state index is 12.5. The highest BCUT2D eigenvalue weighted by Gasteiger charge is 2.49. The predicted molar refractivity (Wildman–Crippen MR) is 92.6 cm³/mol. The van der Waals surface area contributed by atoms with Crippen LogP contribution in [0.5, 0.6) is 0 Å². The zero-order valence-electron chi connectivity index (χ0n) is 14.5. The standard InChI is InChI=1S/C18H25N3O3/c1-4-7-13-8-10-14(11-9-13)19-15(22)12-21-16(23)18(5-2,6-3)20-17(21)24/h8-11H,4-7,12H2,1-3H3,(H,19,22)(H,20,24). The van der Waals surface area contributed by atoms with E-state index in [1.807, 2.05) is 38.1 Å². The minimum Gasteiger partial charge on any atom is -0.325 e. The molecule has 0 aromatic heterocycles. The van der Waals surface area contributed by atoms with Crippen molar-refractivity contribution in [3.63, 3.8) is 0 Å². The van der Waals surface area contributed by atoms with Gasteiger partial charge in [-0.3, -0.25) is 14.5 Å². The number of nitrogens with zero attached hydrogens (tertiary/aromatic N) is 1. The molecule has 6 heteroatoms. The van der Waals surface area contributed by atoms with E-state index in [1.54, 1.807) is 0 Å². The van der Waals surface area contributed by atoms with Crippen LogP contribution in [-0.2, 0) is 16.0 Å². The van der Waals surface area contributed by atoms with E-state index in [4.69, 9.17) is 0 Å². The lowest BCUT2D eigenvalue weighted by Crippen LogP contribution is -2.46. The lowest BCUT2D eigenvalue weighted by atomic mass is 9.93. The molecule has 0 atom stereocenters. The molecule has 0 unspecified atom stereocenters. The van der Waals surface area contributed by atoms with Gasteiger partial charge in [-0.1, -0.05) is 39.3 Å². The van der Waals surface area contributed by atoms with E-state index < -0.39 is 11.6 Å². The molecule has 1 aromatic rings. The number of aryl methyl sites for hydroxylation is 1. The van der Waals surface area contributed by atoms with Gasteiger partial charge in [-0.2, -0.15) is 0 Å². The van der Waals surface area contributed by atoms with Crippen LogP contribution in [0.3, 0.4) is 0 Å². The second-order valence-corrected chi connectivity index (χ2v) is 6.11. The molecule has 130 valence electrons. The van der Waals surface area contributed by atoms with E-state index in [2.05, 4.69) is 17.6 Å².